The van der Waals surface area contributed by atoms with Crippen LogP contribution in [0.1, 0.15) is 39.7 Å². The van der Waals surface area contributed by atoms with Gasteiger partial charge in [0.2, 0.25) is 0 Å². The summed E-state index contributed by atoms with van der Waals surface area (Å²) in [6.45, 7) is 1.53. The van der Waals surface area contributed by atoms with Crippen LogP contribution in [-0.4, -0.2) is 38.7 Å². The summed E-state index contributed by atoms with van der Waals surface area (Å²) < 4.78 is 25.2. The number of carbonyl (C=O) groups is 1. The lowest BCUT2D eigenvalue weighted by Crippen LogP contribution is -2.25. The van der Waals surface area contributed by atoms with Crippen molar-refractivity contribution in [3.63, 3.8) is 0 Å². The number of rotatable bonds is 5. The molecule has 188 valence electrons. The Labute approximate surface area is 209 Å². The van der Waals surface area contributed by atoms with Gasteiger partial charge in [0.25, 0.3) is 5.91 Å². The van der Waals surface area contributed by atoms with Crippen molar-refractivity contribution in [2.24, 2.45) is 4.99 Å². The van der Waals surface area contributed by atoms with Crippen LogP contribution in [0.4, 0.5) is 15.9 Å². The van der Waals surface area contributed by atoms with E-state index in [1.54, 1.807) is 12.1 Å². The highest BCUT2D eigenvalue weighted by Gasteiger charge is 2.32. The van der Waals surface area contributed by atoms with Gasteiger partial charge < -0.3 is 24.7 Å². The molecule has 4 aromatic rings. The number of phenols is 1. The molecule has 3 N–H and O–H groups in total. The minimum Gasteiger partial charge on any atom is -0.507 e. The number of carbonyl (C=O) groups excluding carboxylic acids is 1. The molecule has 1 aliphatic heterocycles. The Balaban J connectivity index is 1.64. The van der Waals surface area contributed by atoms with Gasteiger partial charge in [0.1, 0.15) is 28.5 Å². The SMILES string of the molecule is COc1cc([C@H]2CC(c3c(O)cc(C)oc3=O)=Nc3c(C(=O)Nc4ccc(F)cc4)cnn32)ccc1O. The predicted octanol–water partition coefficient (Wildman–Crippen LogP) is 4.07. The number of halogens is 1. The highest BCUT2D eigenvalue weighted by atomic mass is 19.1. The molecule has 0 unspecified atom stereocenters. The zero-order valence-corrected chi connectivity index (χ0v) is 19.7. The Morgan fingerprint density at radius 1 is 1.16 bits per heavy atom. The first kappa shape index (κ1) is 23.8. The Kier molecular flexibility index (Phi) is 5.96. The van der Waals surface area contributed by atoms with Crippen molar-refractivity contribution in [2.45, 2.75) is 19.4 Å². The lowest BCUT2D eigenvalue weighted by atomic mass is 9.95. The summed E-state index contributed by atoms with van der Waals surface area (Å²) in [5.41, 5.74) is 0.388. The molecule has 1 amide bonds. The molecule has 1 atom stereocenters. The van der Waals surface area contributed by atoms with Gasteiger partial charge in [-0.25, -0.2) is 18.9 Å². The van der Waals surface area contributed by atoms with Gasteiger partial charge in [-0.05, 0) is 48.9 Å². The highest BCUT2D eigenvalue weighted by molar-refractivity contribution is 6.10. The van der Waals surface area contributed by atoms with Crippen molar-refractivity contribution in [1.82, 2.24) is 9.78 Å². The average molecular weight is 504 g/mol. The molecule has 0 saturated carbocycles. The normalized spacial score (nSPS) is 14.6. The van der Waals surface area contributed by atoms with Crippen LogP contribution in [0.2, 0.25) is 0 Å². The highest BCUT2D eigenvalue weighted by Crippen LogP contribution is 2.39. The number of fused-ring (bicyclic) bond motifs is 1. The van der Waals surface area contributed by atoms with Crippen LogP contribution in [-0.2, 0) is 0 Å². The maximum absolute atomic E-state index is 13.3. The number of anilines is 1. The summed E-state index contributed by atoms with van der Waals surface area (Å²) >= 11 is 0. The van der Waals surface area contributed by atoms with Crippen LogP contribution < -0.4 is 15.7 Å². The molecule has 37 heavy (non-hydrogen) atoms. The van der Waals surface area contributed by atoms with E-state index in [9.17, 15) is 24.2 Å². The Morgan fingerprint density at radius 3 is 2.62 bits per heavy atom. The quantitative estimate of drug-likeness (QED) is 0.372. The maximum Gasteiger partial charge on any atom is 0.348 e. The molecule has 3 heterocycles. The van der Waals surface area contributed by atoms with Gasteiger partial charge in [-0.2, -0.15) is 5.10 Å². The van der Waals surface area contributed by atoms with Crippen LogP contribution in [0.3, 0.4) is 0 Å². The third kappa shape index (κ3) is 4.42. The molecular weight excluding hydrogens is 483 g/mol. The minimum atomic E-state index is -0.774. The molecule has 0 fully saturated rings. The summed E-state index contributed by atoms with van der Waals surface area (Å²) in [5, 5.41) is 27.7. The molecule has 0 saturated heterocycles. The number of hydrogen-bond acceptors (Lipinski definition) is 8. The van der Waals surface area contributed by atoms with Gasteiger partial charge in [-0.3, -0.25) is 4.79 Å². The smallest absolute Gasteiger partial charge is 0.348 e. The van der Waals surface area contributed by atoms with E-state index in [0.29, 0.717) is 11.3 Å². The van der Waals surface area contributed by atoms with Crippen LogP contribution in [0.15, 0.2) is 68.9 Å². The standard InChI is InChI=1S/C26H21FN4O6/c1-13-9-21(33)23(26(35)37-13)18-11-19(14-3-8-20(32)22(10-14)36-2)31-24(30-18)17(12-28-31)25(34)29-16-6-4-15(27)5-7-16/h3-10,12,19,32-33H,11H2,1-2H3,(H,29,34)/t19-/m1/s1. The number of phenolic OH excluding ortho intramolecular Hbond substituents is 1. The molecule has 0 spiro atoms. The maximum atomic E-state index is 13.3. The second kappa shape index (κ2) is 9.26. The van der Waals surface area contributed by atoms with Crippen molar-refractivity contribution in [1.29, 1.82) is 0 Å². The van der Waals surface area contributed by atoms with Gasteiger partial charge in [0.15, 0.2) is 17.3 Å². The number of benzene rings is 2. The zero-order chi connectivity index (χ0) is 26.3. The number of methoxy groups -OCH3 is 1. The Hall–Kier alpha value is -4.93. The van der Waals surface area contributed by atoms with Gasteiger partial charge >= 0.3 is 5.63 Å². The Bertz CT molecular complexity index is 1610. The second-order valence-corrected chi connectivity index (χ2v) is 8.40. The van der Waals surface area contributed by atoms with E-state index in [0.717, 1.165) is 0 Å². The van der Waals surface area contributed by atoms with Crippen molar-refractivity contribution >= 4 is 23.1 Å². The van der Waals surface area contributed by atoms with E-state index in [2.05, 4.69) is 15.4 Å². The van der Waals surface area contributed by atoms with Crippen molar-refractivity contribution in [3.8, 4) is 17.2 Å². The number of amides is 1. The lowest BCUT2D eigenvalue weighted by molar-refractivity contribution is 0.102. The van der Waals surface area contributed by atoms with E-state index in [1.165, 1.54) is 61.3 Å². The molecule has 10 nitrogen and oxygen atoms in total. The summed E-state index contributed by atoms with van der Waals surface area (Å²) in [5.74, 6) is -0.779. The van der Waals surface area contributed by atoms with Crippen molar-refractivity contribution in [2.75, 3.05) is 12.4 Å². The van der Waals surface area contributed by atoms with E-state index in [1.807, 2.05) is 0 Å². The molecule has 0 bridgehead atoms. The molecule has 2 aromatic heterocycles. The number of aromatic hydroxyl groups is 2. The Morgan fingerprint density at radius 2 is 1.92 bits per heavy atom. The largest absolute Gasteiger partial charge is 0.507 e. The van der Waals surface area contributed by atoms with Crippen LogP contribution >= 0.6 is 0 Å². The third-order valence-corrected chi connectivity index (χ3v) is 5.97. The number of ether oxygens (including phenoxy) is 1. The first-order valence-electron chi connectivity index (χ1n) is 11.2. The van der Waals surface area contributed by atoms with Gasteiger partial charge in [-0.15, -0.1) is 0 Å². The summed E-state index contributed by atoms with van der Waals surface area (Å²) in [7, 11) is 1.42. The molecule has 2 aromatic carbocycles. The molecule has 0 radical (unpaired) electrons. The third-order valence-electron chi connectivity index (χ3n) is 5.97. The number of aryl methyl sites for hydroxylation is 1. The van der Waals surface area contributed by atoms with Gasteiger partial charge in [-0.1, -0.05) is 6.07 Å². The van der Waals surface area contributed by atoms with E-state index in [4.69, 9.17) is 9.15 Å². The monoisotopic (exact) mass is 504 g/mol. The fourth-order valence-corrected chi connectivity index (χ4v) is 4.21. The summed E-state index contributed by atoms with van der Waals surface area (Å²) in [4.78, 5) is 30.4. The van der Waals surface area contributed by atoms with E-state index < -0.39 is 23.4 Å². The van der Waals surface area contributed by atoms with Crippen LogP contribution in [0.25, 0.3) is 0 Å². The number of aromatic nitrogens is 2. The van der Waals surface area contributed by atoms with E-state index >= 15 is 0 Å². The number of aliphatic imine (C=N–C) groups is 1. The van der Waals surface area contributed by atoms with Crippen LogP contribution in [0, 0.1) is 12.7 Å². The predicted molar refractivity (Wildman–Crippen MR) is 132 cm³/mol. The van der Waals surface area contributed by atoms with Gasteiger partial charge in [0, 0.05) is 18.2 Å². The summed E-state index contributed by atoms with van der Waals surface area (Å²) in [6, 6.07) is 10.7. The first-order valence-corrected chi connectivity index (χ1v) is 11.2. The second-order valence-electron chi connectivity index (χ2n) is 8.40. The first-order chi connectivity index (χ1) is 17.7. The van der Waals surface area contributed by atoms with Crippen LogP contribution in [0.5, 0.6) is 17.2 Å². The lowest BCUT2D eigenvalue weighted by Gasteiger charge is -2.25. The fourth-order valence-electron chi connectivity index (χ4n) is 4.21. The molecule has 1 aliphatic rings. The topological polar surface area (TPSA) is 139 Å². The minimum absolute atomic E-state index is 0.0622. The number of hydrogen-bond donors (Lipinski definition) is 3. The molecule has 11 heteroatoms. The zero-order valence-electron chi connectivity index (χ0n) is 19.7. The molecule has 5 rings (SSSR count). The average Bonchev–Trinajstić information content (AvgIpc) is 3.29. The van der Waals surface area contributed by atoms with E-state index in [-0.39, 0.29) is 52.1 Å². The molecule has 0 aliphatic carbocycles. The number of nitrogens with one attached hydrogen (secondary N) is 1. The number of nitrogens with zero attached hydrogens (tertiary/aromatic N) is 3. The summed E-state index contributed by atoms with van der Waals surface area (Å²) in [6.07, 6.45) is 1.45. The fraction of sp³-hybridized carbons (Fsp3) is 0.154. The molecular formula is C26H21FN4O6. The van der Waals surface area contributed by atoms with Crippen molar-refractivity contribution in [3.05, 3.63) is 93.4 Å². The van der Waals surface area contributed by atoms with Crippen molar-refractivity contribution < 1.29 is 28.6 Å². The van der Waals surface area contributed by atoms with Gasteiger partial charge in [0.05, 0.1) is 25.1 Å².